The Bertz CT molecular complexity index is 916. The summed E-state index contributed by atoms with van der Waals surface area (Å²) in [4.78, 5) is 26.4. The molecule has 0 unspecified atom stereocenters. The average molecular weight is 372 g/mol. The molecule has 0 amide bonds. The number of benzene rings is 1. The molecule has 3 rings (SSSR count). The molecule has 0 atom stereocenters. The van der Waals surface area contributed by atoms with Crippen LogP contribution in [0, 0.1) is 10.1 Å². The molecule has 1 aromatic carbocycles. The molecule has 0 saturated heterocycles. The van der Waals surface area contributed by atoms with E-state index < -0.39 is 10.9 Å². The van der Waals surface area contributed by atoms with Crippen molar-refractivity contribution in [3.63, 3.8) is 0 Å². The zero-order chi connectivity index (χ0) is 17.6. The monoisotopic (exact) mass is 372 g/mol. The standard InChI is InChI=1S/C17H12N2O4S2/c20-16(5-4-12-2-1-3-15(8-12)19(21)22)23-9-14-11-25-17(18-14)13-6-7-24-10-13/h1-8,10-11H,9H2/b5-4+. The Kier molecular flexibility index (Phi) is 5.32. The van der Waals surface area contributed by atoms with Crippen LogP contribution in [0.4, 0.5) is 5.69 Å². The molecule has 8 heteroatoms. The molecular weight excluding hydrogens is 360 g/mol. The molecule has 0 fully saturated rings. The number of esters is 1. The van der Waals surface area contributed by atoms with Gasteiger partial charge in [-0.1, -0.05) is 12.1 Å². The second kappa shape index (κ2) is 7.82. The zero-order valence-electron chi connectivity index (χ0n) is 12.8. The van der Waals surface area contributed by atoms with Gasteiger partial charge in [0.1, 0.15) is 11.6 Å². The third-order valence-corrected chi connectivity index (χ3v) is 4.80. The van der Waals surface area contributed by atoms with Gasteiger partial charge >= 0.3 is 5.97 Å². The average Bonchev–Trinajstić information content (AvgIpc) is 3.29. The van der Waals surface area contributed by atoms with E-state index in [-0.39, 0.29) is 12.3 Å². The quantitative estimate of drug-likeness (QED) is 0.275. The molecule has 25 heavy (non-hydrogen) atoms. The number of ether oxygens (including phenoxy) is 1. The lowest BCUT2D eigenvalue weighted by molar-refractivity contribution is -0.384. The summed E-state index contributed by atoms with van der Waals surface area (Å²) in [5.41, 5.74) is 2.26. The molecule has 0 aliphatic rings. The van der Waals surface area contributed by atoms with Gasteiger partial charge in [-0.3, -0.25) is 10.1 Å². The van der Waals surface area contributed by atoms with Gasteiger partial charge in [-0.15, -0.1) is 11.3 Å². The first-order chi connectivity index (χ1) is 12.1. The molecule has 0 saturated carbocycles. The largest absolute Gasteiger partial charge is 0.456 e. The minimum atomic E-state index is -0.531. The number of aromatic nitrogens is 1. The van der Waals surface area contributed by atoms with Gasteiger partial charge in [0.25, 0.3) is 5.69 Å². The number of carbonyl (C=O) groups is 1. The van der Waals surface area contributed by atoms with E-state index in [4.69, 9.17) is 4.74 Å². The fraction of sp³-hybridized carbons (Fsp3) is 0.0588. The van der Waals surface area contributed by atoms with E-state index in [2.05, 4.69) is 4.98 Å². The Morgan fingerprint density at radius 3 is 2.96 bits per heavy atom. The topological polar surface area (TPSA) is 82.3 Å². The van der Waals surface area contributed by atoms with Gasteiger partial charge in [-0.25, -0.2) is 9.78 Å². The Morgan fingerprint density at radius 1 is 1.32 bits per heavy atom. The fourth-order valence-electron chi connectivity index (χ4n) is 1.99. The third-order valence-electron chi connectivity index (χ3n) is 3.18. The highest BCUT2D eigenvalue weighted by molar-refractivity contribution is 7.14. The van der Waals surface area contributed by atoms with Crippen molar-refractivity contribution in [3.05, 3.63) is 73.9 Å². The van der Waals surface area contributed by atoms with Gasteiger partial charge in [0.05, 0.1) is 10.6 Å². The zero-order valence-corrected chi connectivity index (χ0v) is 14.5. The van der Waals surface area contributed by atoms with Crippen LogP contribution < -0.4 is 0 Å². The summed E-state index contributed by atoms with van der Waals surface area (Å²) in [6.07, 6.45) is 2.72. The van der Waals surface area contributed by atoms with E-state index in [0.717, 1.165) is 10.6 Å². The molecule has 2 aromatic heterocycles. The lowest BCUT2D eigenvalue weighted by atomic mass is 10.2. The molecule has 0 N–H and O–H groups in total. The maximum Gasteiger partial charge on any atom is 0.331 e. The van der Waals surface area contributed by atoms with Crippen molar-refractivity contribution >= 4 is 40.4 Å². The lowest BCUT2D eigenvalue weighted by Gasteiger charge is -1.98. The van der Waals surface area contributed by atoms with Crippen LogP contribution in [0.2, 0.25) is 0 Å². The third kappa shape index (κ3) is 4.59. The predicted octanol–water partition coefficient (Wildman–Crippen LogP) is 4.54. The first-order valence-corrected chi connectivity index (χ1v) is 9.00. The summed E-state index contributed by atoms with van der Waals surface area (Å²) in [5, 5.41) is 17.5. The van der Waals surface area contributed by atoms with Crippen LogP contribution in [0.1, 0.15) is 11.3 Å². The van der Waals surface area contributed by atoms with E-state index in [9.17, 15) is 14.9 Å². The van der Waals surface area contributed by atoms with Crippen molar-refractivity contribution in [3.8, 4) is 10.6 Å². The highest BCUT2D eigenvalue weighted by Gasteiger charge is 2.07. The molecular formula is C17H12N2O4S2. The van der Waals surface area contributed by atoms with Crippen LogP contribution in [0.3, 0.4) is 0 Å². The molecule has 0 radical (unpaired) electrons. The summed E-state index contributed by atoms with van der Waals surface area (Å²) >= 11 is 3.10. The van der Waals surface area contributed by atoms with Crippen molar-refractivity contribution < 1.29 is 14.5 Å². The van der Waals surface area contributed by atoms with Crippen LogP contribution in [0.5, 0.6) is 0 Å². The van der Waals surface area contributed by atoms with E-state index in [1.54, 1.807) is 23.5 Å². The molecule has 3 aromatic rings. The smallest absolute Gasteiger partial charge is 0.331 e. The van der Waals surface area contributed by atoms with E-state index in [1.165, 1.54) is 35.6 Å². The van der Waals surface area contributed by atoms with Crippen molar-refractivity contribution in [1.82, 2.24) is 4.98 Å². The number of thiazole rings is 1. The highest BCUT2D eigenvalue weighted by atomic mass is 32.1. The van der Waals surface area contributed by atoms with Crippen LogP contribution >= 0.6 is 22.7 Å². The number of hydrogen-bond donors (Lipinski definition) is 0. The van der Waals surface area contributed by atoms with Crippen LogP contribution in [-0.4, -0.2) is 15.9 Å². The first-order valence-electron chi connectivity index (χ1n) is 7.18. The van der Waals surface area contributed by atoms with E-state index in [1.807, 2.05) is 22.2 Å². The van der Waals surface area contributed by atoms with Gasteiger partial charge in [0, 0.05) is 34.5 Å². The SMILES string of the molecule is O=C(/C=C/c1cccc([N+](=O)[O-])c1)OCc1csc(-c2ccsc2)n1. The molecule has 0 spiro atoms. The molecule has 126 valence electrons. The normalized spacial score (nSPS) is 10.9. The maximum atomic E-state index is 11.8. The Morgan fingerprint density at radius 2 is 2.20 bits per heavy atom. The summed E-state index contributed by atoms with van der Waals surface area (Å²) in [6, 6.07) is 8.00. The number of non-ortho nitro benzene ring substituents is 1. The Balaban J connectivity index is 1.56. The minimum Gasteiger partial charge on any atom is -0.456 e. The van der Waals surface area contributed by atoms with Gasteiger partial charge in [0.2, 0.25) is 0 Å². The molecule has 0 aliphatic carbocycles. The highest BCUT2D eigenvalue weighted by Crippen LogP contribution is 2.25. The van der Waals surface area contributed by atoms with E-state index in [0.29, 0.717) is 11.3 Å². The van der Waals surface area contributed by atoms with Crippen molar-refractivity contribution in [2.75, 3.05) is 0 Å². The number of carbonyl (C=O) groups excluding carboxylic acids is 1. The van der Waals surface area contributed by atoms with Crippen LogP contribution in [0.25, 0.3) is 16.6 Å². The fourth-order valence-corrected chi connectivity index (χ4v) is 3.51. The predicted molar refractivity (Wildman–Crippen MR) is 97.4 cm³/mol. The van der Waals surface area contributed by atoms with Crippen molar-refractivity contribution in [1.29, 1.82) is 0 Å². The van der Waals surface area contributed by atoms with Gasteiger partial charge in [0.15, 0.2) is 0 Å². The Hall–Kier alpha value is -2.84. The summed E-state index contributed by atoms with van der Waals surface area (Å²) < 4.78 is 5.15. The van der Waals surface area contributed by atoms with Gasteiger partial charge in [-0.2, -0.15) is 11.3 Å². The van der Waals surface area contributed by atoms with Gasteiger partial charge < -0.3 is 4.74 Å². The Labute approximate surface area is 151 Å². The number of nitrogens with zero attached hydrogens (tertiary/aromatic N) is 2. The summed E-state index contributed by atoms with van der Waals surface area (Å²) in [5.74, 6) is -0.531. The number of hydrogen-bond acceptors (Lipinski definition) is 7. The van der Waals surface area contributed by atoms with E-state index >= 15 is 0 Å². The van der Waals surface area contributed by atoms with Crippen molar-refractivity contribution in [2.45, 2.75) is 6.61 Å². The van der Waals surface area contributed by atoms with Crippen molar-refractivity contribution in [2.24, 2.45) is 0 Å². The maximum absolute atomic E-state index is 11.8. The second-order valence-electron chi connectivity index (χ2n) is 4.95. The molecule has 0 bridgehead atoms. The summed E-state index contributed by atoms with van der Waals surface area (Å²) in [7, 11) is 0. The van der Waals surface area contributed by atoms with Crippen LogP contribution in [0.15, 0.2) is 52.5 Å². The molecule has 6 nitrogen and oxygen atoms in total. The minimum absolute atomic E-state index is 0.0287. The van der Waals surface area contributed by atoms with Gasteiger partial charge in [-0.05, 0) is 23.1 Å². The lowest BCUT2D eigenvalue weighted by Crippen LogP contribution is -2.01. The number of thiophene rings is 1. The number of rotatable bonds is 6. The second-order valence-corrected chi connectivity index (χ2v) is 6.59. The number of nitro groups is 1. The molecule has 0 aliphatic heterocycles. The first kappa shape index (κ1) is 17.0. The number of nitro benzene ring substituents is 1. The molecule has 2 heterocycles. The van der Waals surface area contributed by atoms with Crippen LogP contribution in [-0.2, 0) is 16.1 Å². The summed E-state index contributed by atoms with van der Waals surface area (Å²) in [6.45, 7) is 0.0821.